The van der Waals surface area contributed by atoms with E-state index in [0.29, 0.717) is 18.7 Å². The smallest absolute Gasteiger partial charge is 0.323 e. The van der Waals surface area contributed by atoms with E-state index in [1.54, 1.807) is 19.1 Å². The summed E-state index contributed by atoms with van der Waals surface area (Å²) in [5.41, 5.74) is 0.722. The molecule has 1 amide bonds. The van der Waals surface area contributed by atoms with Gasteiger partial charge in [0.2, 0.25) is 0 Å². The highest BCUT2D eigenvalue weighted by atomic mass is 16.5. The van der Waals surface area contributed by atoms with Crippen molar-refractivity contribution in [3.8, 4) is 0 Å². The second-order valence-corrected chi connectivity index (χ2v) is 5.30. The van der Waals surface area contributed by atoms with Crippen molar-refractivity contribution in [2.24, 2.45) is 0 Å². The molecule has 1 aliphatic heterocycles. The molecule has 1 heterocycles. The summed E-state index contributed by atoms with van der Waals surface area (Å²) in [5.74, 6) is -1.33. The Bertz CT molecular complexity index is 503. The highest BCUT2D eigenvalue weighted by Crippen LogP contribution is 2.29. The first-order chi connectivity index (χ1) is 9.42. The lowest BCUT2D eigenvalue weighted by molar-refractivity contribution is -0.141. The molecule has 5 nitrogen and oxygen atoms in total. The number of carboxylic acid groups (broad SMARTS) is 1. The number of carbonyl (C=O) groups excluding carboxylic acids is 1. The van der Waals surface area contributed by atoms with Crippen molar-refractivity contribution < 1.29 is 19.4 Å². The molecule has 0 saturated carbocycles. The molecule has 1 unspecified atom stereocenters. The van der Waals surface area contributed by atoms with E-state index in [1.807, 2.05) is 19.1 Å². The summed E-state index contributed by atoms with van der Waals surface area (Å²) >= 11 is 0. The number of amides is 1. The summed E-state index contributed by atoms with van der Waals surface area (Å²) in [5, 5.41) is 9.04. The molecule has 0 bridgehead atoms. The highest BCUT2D eigenvalue weighted by molar-refractivity contribution is 6.02. The molecule has 1 N–H and O–H groups in total. The van der Waals surface area contributed by atoms with Gasteiger partial charge >= 0.3 is 5.97 Å². The predicted molar refractivity (Wildman–Crippen MR) is 74.8 cm³/mol. The molecule has 0 aliphatic carbocycles. The van der Waals surface area contributed by atoms with Crippen LogP contribution in [0.5, 0.6) is 0 Å². The Morgan fingerprint density at radius 1 is 1.35 bits per heavy atom. The molecule has 1 aliphatic rings. The molecule has 1 atom stereocenters. The van der Waals surface area contributed by atoms with Gasteiger partial charge in [0.05, 0.1) is 0 Å². The second-order valence-electron chi connectivity index (χ2n) is 5.30. The van der Waals surface area contributed by atoms with Gasteiger partial charge in [-0.3, -0.25) is 14.5 Å². The normalized spacial score (nSPS) is 21.7. The summed E-state index contributed by atoms with van der Waals surface area (Å²) in [4.78, 5) is 24.9. The first-order valence-electron chi connectivity index (χ1n) is 6.67. The number of carboxylic acids is 1. The maximum atomic E-state index is 12.6. The maximum Gasteiger partial charge on any atom is 0.323 e. The van der Waals surface area contributed by atoms with Crippen LogP contribution < -0.4 is 4.90 Å². The van der Waals surface area contributed by atoms with Crippen LogP contribution in [0, 0.1) is 6.92 Å². The third-order valence-corrected chi connectivity index (χ3v) is 3.56. The minimum Gasteiger partial charge on any atom is -0.480 e. The Labute approximate surface area is 118 Å². The zero-order valence-corrected chi connectivity index (χ0v) is 11.8. The number of hydrogen-bond acceptors (Lipinski definition) is 3. The lowest BCUT2D eigenvalue weighted by Gasteiger charge is -2.30. The molecule has 1 aromatic carbocycles. The van der Waals surface area contributed by atoms with E-state index in [4.69, 9.17) is 9.84 Å². The molecular formula is C15H19NO4. The van der Waals surface area contributed by atoms with Crippen LogP contribution >= 0.6 is 0 Å². The summed E-state index contributed by atoms with van der Waals surface area (Å²) in [6.45, 7) is 3.85. The predicted octanol–water partition coefficient (Wildman–Crippen LogP) is 1.98. The lowest BCUT2D eigenvalue weighted by Crippen LogP contribution is -2.48. The average Bonchev–Trinajstić information content (AvgIpc) is 2.84. The SMILES string of the molecule is Cc1ccc(N(CC(=O)O)C(=O)C2(C)CCCO2)cc1. The molecule has 1 aromatic rings. The van der Waals surface area contributed by atoms with Crippen LogP contribution in [0.3, 0.4) is 0 Å². The van der Waals surface area contributed by atoms with Crippen LogP contribution in [0.4, 0.5) is 5.69 Å². The van der Waals surface area contributed by atoms with Crippen molar-refractivity contribution in [1.82, 2.24) is 0 Å². The minimum absolute atomic E-state index is 0.291. The van der Waals surface area contributed by atoms with Crippen LogP contribution in [0.25, 0.3) is 0 Å². The van der Waals surface area contributed by atoms with Crippen LogP contribution in [-0.2, 0) is 14.3 Å². The van der Waals surface area contributed by atoms with Crippen molar-refractivity contribution in [2.45, 2.75) is 32.3 Å². The van der Waals surface area contributed by atoms with Crippen LogP contribution in [0.1, 0.15) is 25.3 Å². The van der Waals surface area contributed by atoms with E-state index in [1.165, 1.54) is 4.90 Å². The van der Waals surface area contributed by atoms with Crippen molar-refractivity contribution >= 4 is 17.6 Å². The zero-order valence-electron chi connectivity index (χ0n) is 11.8. The topological polar surface area (TPSA) is 66.8 Å². The Morgan fingerprint density at radius 3 is 2.50 bits per heavy atom. The lowest BCUT2D eigenvalue weighted by atomic mass is 10.0. The molecular weight excluding hydrogens is 258 g/mol. The van der Waals surface area contributed by atoms with Crippen molar-refractivity contribution in [2.75, 3.05) is 18.1 Å². The number of anilines is 1. The van der Waals surface area contributed by atoms with Crippen molar-refractivity contribution in [3.05, 3.63) is 29.8 Å². The van der Waals surface area contributed by atoms with Gasteiger partial charge < -0.3 is 9.84 Å². The molecule has 108 valence electrons. The molecule has 1 fully saturated rings. The van der Waals surface area contributed by atoms with Gasteiger partial charge in [0.15, 0.2) is 0 Å². The molecule has 5 heteroatoms. The van der Waals surface area contributed by atoms with Gasteiger partial charge in [-0.05, 0) is 38.8 Å². The Kier molecular flexibility index (Phi) is 4.09. The van der Waals surface area contributed by atoms with E-state index >= 15 is 0 Å². The van der Waals surface area contributed by atoms with E-state index < -0.39 is 11.6 Å². The third-order valence-electron chi connectivity index (χ3n) is 3.56. The van der Waals surface area contributed by atoms with Crippen molar-refractivity contribution in [3.63, 3.8) is 0 Å². The summed E-state index contributed by atoms with van der Waals surface area (Å²) in [7, 11) is 0. The van der Waals surface area contributed by atoms with Gasteiger partial charge in [0.1, 0.15) is 12.1 Å². The summed E-state index contributed by atoms with van der Waals surface area (Å²) < 4.78 is 5.53. The van der Waals surface area contributed by atoms with Crippen molar-refractivity contribution in [1.29, 1.82) is 0 Å². The Hall–Kier alpha value is -1.88. The molecule has 1 saturated heterocycles. The van der Waals surface area contributed by atoms with E-state index in [-0.39, 0.29) is 12.5 Å². The van der Waals surface area contributed by atoms with Gasteiger partial charge in [-0.1, -0.05) is 17.7 Å². The van der Waals surface area contributed by atoms with Gasteiger partial charge in [-0.2, -0.15) is 0 Å². The third kappa shape index (κ3) is 2.99. The standard InChI is InChI=1S/C15H19NO4/c1-11-4-6-12(7-5-11)16(10-13(17)18)14(19)15(2)8-3-9-20-15/h4-7H,3,8-10H2,1-2H3,(H,17,18). The maximum absolute atomic E-state index is 12.6. The molecule has 0 radical (unpaired) electrons. The first-order valence-corrected chi connectivity index (χ1v) is 6.67. The number of nitrogens with zero attached hydrogens (tertiary/aromatic N) is 1. The van der Waals surface area contributed by atoms with Gasteiger partial charge in [0.25, 0.3) is 5.91 Å². The molecule has 20 heavy (non-hydrogen) atoms. The fourth-order valence-electron chi connectivity index (χ4n) is 2.37. The number of carbonyl (C=O) groups is 2. The number of rotatable bonds is 4. The summed E-state index contributed by atoms with van der Waals surface area (Å²) in [6, 6.07) is 7.23. The zero-order chi connectivity index (χ0) is 14.8. The van der Waals surface area contributed by atoms with Gasteiger partial charge in [0, 0.05) is 12.3 Å². The van der Waals surface area contributed by atoms with Crippen LogP contribution in [0.15, 0.2) is 24.3 Å². The fraction of sp³-hybridized carbons (Fsp3) is 0.467. The molecule has 0 aromatic heterocycles. The van der Waals surface area contributed by atoms with Crippen LogP contribution in [0.2, 0.25) is 0 Å². The average molecular weight is 277 g/mol. The van der Waals surface area contributed by atoms with E-state index in [0.717, 1.165) is 12.0 Å². The van der Waals surface area contributed by atoms with E-state index in [9.17, 15) is 9.59 Å². The number of ether oxygens (including phenoxy) is 1. The number of benzene rings is 1. The molecule has 2 rings (SSSR count). The van der Waals surface area contributed by atoms with E-state index in [2.05, 4.69) is 0 Å². The Morgan fingerprint density at radius 2 is 2.00 bits per heavy atom. The highest BCUT2D eigenvalue weighted by Gasteiger charge is 2.41. The second kappa shape index (κ2) is 5.63. The monoisotopic (exact) mass is 277 g/mol. The van der Waals surface area contributed by atoms with Crippen LogP contribution in [-0.4, -0.2) is 35.7 Å². The van der Waals surface area contributed by atoms with Gasteiger partial charge in [-0.15, -0.1) is 0 Å². The largest absolute Gasteiger partial charge is 0.480 e. The number of hydrogen-bond donors (Lipinski definition) is 1. The van der Waals surface area contributed by atoms with Gasteiger partial charge in [-0.25, -0.2) is 0 Å². The quantitative estimate of drug-likeness (QED) is 0.914. The Balaban J connectivity index is 2.29. The fourth-order valence-corrected chi connectivity index (χ4v) is 2.37. The minimum atomic E-state index is -1.04. The molecule has 0 spiro atoms. The number of aryl methyl sites for hydroxylation is 1. The first kappa shape index (κ1) is 14.5. The summed E-state index contributed by atoms with van der Waals surface area (Å²) in [6.07, 6.45) is 1.44. The number of aliphatic carboxylic acids is 1.